The Morgan fingerprint density at radius 3 is 3.17 bits per heavy atom. The van der Waals surface area contributed by atoms with Gasteiger partial charge in [0.05, 0.1) is 0 Å². The van der Waals surface area contributed by atoms with Crippen LogP contribution in [-0.4, -0.2) is 5.91 Å². The van der Waals surface area contributed by atoms with Gasteiger partial charge < -0.3 is 5.73 Å². The molecule has 4 heteroatoms. The number of rotatable bonds is 0. The van der Waals surface area contributed by atoms with Gasteiger partial charge in [-0.15, -0.1) is 0 Å². The van der Waals surface area contributed by atoms with Gasteiger partial charge in [-0.1, -0.05) is 6.07 Å². The fourth-order valence-electron chi connectivity index (χ4n) is 1.17. The van der Waals surface area contributed by atoms with E-state index in [1.54, 1.807) is 18.2 Å². The summed E-state index contributed by atoms with van der Waals surface area (Å²) in [6.07, 6.45) is 0. The maximum Gasteiger partial charge on any atom is 0.275 e. The van der Waals surface area contributed by atoms with E-state index in [-0.39, 0.29) is 5.91 Å². The molecular formula is C8H8N2O2. The van der Waals surface area contributed by atoms with Crippen molar-refractivity contribution in [3.05, 3.63) is 29.3 Å². The summed E-state index contributed by atoms with van der Waals surface area (Å²) in [5.41, 5.74) is 9.85. The Bertz CT molecular complexity index is 336. The second kappa shape index (κ2) is 2.49. The van der Waals surface area contributed by atoms with Crippen molar-refractivity contribution >= 4 is 11.6 Å². The third-order valence-electron chi connectivity index (χ3n) is 1.77. The normalized spacial score (nSPS) is 15.2. The summed E-state index contributed by atoms with van der Waals surface area (Å²) in [5, 5.41) is 0. The number of nitrogens with two attached hydrogens (primary N) is 1. The van der Waals surface area contributed by atoms with Gasteiger partial charge in [0.15, 0.2) is 0 Å². The number of carbonyl (C=O) groups is 1. The molecule has 1 aliphatic heterocycles. The molecule has 1 aromatic rings. The van der Waals surface area contributed by atoms with E-state index in [2.05, 4.69) is 5.48 Å². The van der Waals surface area contributed by atoms with Gasteiger partial charge in [0.2, 0.25) is 0 Å². The standard InChI is InChI=1S/C8H8N2O2/c9-6-2-1-5-4-12-10-8(11)7(5)3-6/h1-3H,4,9H2,(H,10,11). The van der Waals surface area contributed by atoms with Gasteiger partial charge in [-0.2, -0.15) is 0 Å². The molecule has 0 atom stereocenters. The summed E-state index contributed by atoms with van der Waals surface area (Å²) >= 11 is 0. The molecule has 0 unspecified atom stereocenters. The minimum Gasteiger partial charge on any atom is -0.399 e. The van der Waals surface area contributed by atoms with E-state index in [1.807, 2.05) is 0 Å². The molecule has 4 nitrogen and oxygen atoms in total. The Balaban J connectivity index is 2.54. The number of benzene rings is 1. The average Bonchev–Trinajstić information content (AvgIpc) is 2.07. The van der Waals surface area contributed by atoms with Crippen LogP contribution in [0.25, 0.3) is 0 Å². The van der Waals surface area contributed by atoms with Crippen LogP contribution >= 0.6 is 0 Å². The van der Waals surface area contributed by atoms with E-state index in [9.17, 15) is 4.79 Å². The van der Waals surface area contributed by atoms with E-state index in [4.69, 9.17) is 10.6 Å². The fourth-order valence-corrected chi connectivity index (χ4v) is 1.17. The number of nitrogens with one attached hydrogen (secondary N) is 1. The number of anilines is 1. The lowest BCUT2D eigenvalue weighted by atomic mass is 10.1. The first kappa shape index (κ1) is 7.12. The molecule has 0 radical (unpaired) electrons. The van der Waals surface area contributed by atoms with Crippen molar-refractivity contribution in [2.45, 2.75) is 6.61 Å². The van der Waals surface area contributed by atoms with Crippen LogP contribution in [0.4, 0.5) is 5.69 Å². The molecule has 12 heavy (non-hydrogen) atoms. The maximum atomic E-state index is 11.1. The predicted molar refractivity (Wildman–Crippen MR) is 43.1 cm³/mol. The molecule has 0 aromatic heterocycles. The lowest BCUT2D eigenvalue weighted by Crippen LogP contribution is -2.29. The molecular weight excluding hydrogens is 156 g/mol. The number of carbonyl (C=O) groups excluding carboxylic acids is 1. The fraction of sp³-hybridized carbons (Fsp3) is 0.125. The van der Waals surface area contributed by atoms with Crippen LogP contribution in [0, 0.1) is 0 Å². The molecule has 2 rings (SSSR count). The molecule has 0 bridgehead atoms. The topological polar surface area (TPSA) is 64.4 Å². The molecule has 1 heterocycles. The number of hydroxylamine groups is 1. The SMILES string of the molecule is Nc1ccc2c(c1)C(=O)NOC2. The molecule has 0 saturated heterocycles. The van der Waals surface area contributed by atoms with E-state index < -0.39 is 0 Å². The highest BCUT2D eigenvalue weighted by Gasteiger charge is 2.16. The zero-order chi connectivity index (χ0) is 8.55. The molecule has 0 spiro atoms. The van der Waals surface area contributed by atoms with E-state index in [0.29, 0.717) is 17.9 Å². The van der Waals surface area contributed by atoms with Gasteiger partial charge in [-0.3, -0.25) is 9.63 Å². The zero-order valence-electron chi connectivity index (χ0n) is 6.33. The van der Waals surface area contributed by atoms with Gasteiger partial charge in [0, 0.05) is 11.3 Å². The summed E-state index contributed by atoms with van der Waals surface area (Å²) < 4.78 is 0. The van der Waals surface area contributed by atoms with Crippen molar-refractivity contribution in [1.29, 1.82) is 0 Å². The van der Waals surface area contributed by atoms with Crippen LogP contribution in [0.2, 0.25) is 0 Å². The van der Waals surface area contributed by atoms with Gasteiger partial charge in [-0.05, 0) is 17.7 Å². The van der Waals surface area contributed by atoms with Crippen molar-refractivity contribution in [2.75, 3.05) is 5.73 Å². The van der Waals surface area contributed by atoms with Crippen molar-refractivity contribution in [2.24, 2.45) is 0 Å². The van der Waals surface area contributed by atoms with Crippen LogP contribution in [0.5, 0.6) is 0 Å². The number of hydrogen-bond donors (Lipinski definition) is 2. The highest BCUT2D eigenvalue weighted by atomic mass is 16.7. The number of hydrogen-bond acceptors (Lipinski definition) is 3. The second-order valence-corrected chi connectivity index (χ2v) is 2.64. The lowest BCUT2D eigenvalue weighted by Gasteiger charge is -2.15. The predicted octanol–water partition coefficient (Wildman–Crippen LogP) is 0.444. The number of fused-ring (bicyclic) bond motifs is 1. The van der Waals surface area contributed by atoms with E-state index in [1.165, 1.54) is 0 Å². The quantitative estimate of drug-likeness (QED) is 0.547. The smallest absolute Gasteiger partial charge is 0.275 e. The molecule has 1 amide bonds. The molecule has 1 aromatic carbocycles. The minimum atomic E-state index is -0.233. The highest BCUT2D eigenvalue weighted by Crippen LogP contribution is 2.17. The summed E-state index contributed by atoms with van der Waals surface area (Å²) in [7, 11) is 0. The molecule has 0 fully saturated rings. The summed E-state index contributed by atoms with van der Waals surface area (Å²) in [5.74, 6) is -0.233. The Labute approximate surface area is 69.3 Å². The molecule has 0 saturated carbocycles. The van der Waals surface area contributed by atoms with Crippen molar-refractivity contribution < 1.29 is 9.63 Å². The third-order valence-corrected chi connectivity index (χ3v) is 1.77. The maximum absolute atomic E-state index is 11.1. The number of nitrogen functional groups attached to an aromatic ring is 1. The van der Waals surface area contributed by atoms with E-state index >= 15 is 0 Å². The number of amides is 1. The molecule has 1 aliphatic rings. The monoisotopic (exact) mass is 164 g/mol. The van der Waals surface area contributed by atoms with Crippen LogP contribution in [0.15, 0.2) is 18.2 Å². The van der Waals surface area contributed by atoms with Gasteiger partial charge in [-0.25, -0.2) is 5.48 Å². The van der Waals surface area contributed by atoms with Crippen molar-refractivity contribution in [3.63, 3.8) is 0 Å². The third kappa shape index (κ3) is 1.02. The lowest BCUT2D eigenvalue weighted by molar-refractivity contribution is 0.0154. The van der Waals surface area contributed by atoms with Gasteiger partial charge in [0.1, 0.15) is 6.61 Å². The van der Waals surface area contributed by atoms with E-state index in [0.717, 1.165) is 5.56 Å². The summed E-state index contributed by atoms with van der Waals surface area (Å²) in [4.78, 5) is 16.0. The average molecular weight is 164 g/mol. The van der Waals surface area contributed by atoms with Crippen LogP contribution in [0.3, 0.4) is 0 Å². The highest BCUT2D eigenvalue weighted by molar-refractivity contribution is 5.96. The summed E-state index contributed by atoms with van der Waals surface area (Å²) in [6, 6.07) is 5.19. The molecule has 0 aliphatic carbocycles. The zero-order valence-corrected chi connectivity index (χ0v) is 6.33. The van der Waals surface area contributed by atoms with Gasteiger partial charge >= 0.3 is 0 Å². The van der Waals surface area contributed by atoms with Crippen molar-refractivity contribution in [1.82, 2.24) is 5.48 Å². The first-order valence-electron chi connectivity index (χ1n) is 3.58. The summed E-state index contributed by atoms with van der Waals surface area (Å²) in [6.45, 7) is 0.404. The van der Waals surface area contributed by atoms with Crippen LogP contribution < -0.4 is 11.2 Å². The largest absolute Gasteiger partial charge is 0.399 e. The Hall–Kier alpha value is -1.55. The molecule has 3 N–H and O–H groups in total. The van der Waals surface area contributed by atoms with Crippen molar-refractivity contribution in [3.8, 4) is 0 Å². The Morgan fingerprint density at radius 2 is 2.33 bits per heavy atom. The second-order valence-electron chi connectivity index (χ2n) is 2.64. The minimum absolute atomic E-state index is 0.233. The van der Waals surface area contributed by atoms with Crippen LogP contribution in [-0.2, 0) is 11.4 Å². The molecule has 62 valence electrons. The first-order valence-corrected chi connectivity index (χ1v) is 3.58. The first-order chi connectivity index (χ1) is 5.77. The Kier molecular flexibility index (Phi) is 1.48. The van der Waals surface area contributed by atoms with Gasteiger partial charge in [0.25, 0.3) is 5.91 Å². The Morgan fingerprint density at radius 1 is 1.50 bits per heavy atom. The van der Waals surface area contributed by atoms with Crippen LogP contribution in [0.1, 0.15) is 15.9 Å².